The predicted molar refractivity (Wildman–Crippen MR) is 235 cm³/mol. The Hall–Kier alpha value is -6.33. The van der Waals surface area contributed by atoms with Crippen molar-refractivity contribution in [3.8, 4) is 28.4 Å². The van der Waals surface area contributed by atoms with Gasteiger partial charge >= 0.3 is 0 Å². The minimum absolute atomic E-state index is 0.0275. The number of rotatable bonds is 6. The quantitative estimate of drug-likeness (QED) is 0.170. The van der Waals surface area contributed by atoms with E-state index in [-0.39, 0.29) is 10.8 Å². The van der Waals surface area contributed by atoms with Crippen LogP contribution in [0.5, 0.6) is 11.5 Å². The maximum atomic E-state index is 6.72. The van der Waals surface area contributed by atoms with Gasteiger partial charge in [0.2, 0.25) is 0 Å². The van der Waals surface area contributed by atoms with E-state index in [9.17, 15) is 0 Å². The molecule has 0 atom stereocenters. The number of pyridine rings is 1. The molecule has 0 N–H and O–H groups in total. The molecule has 0 spiro atoms. The molecule has 0 radical (unpaired) electrons. The second-order valence-corrected chi connectivity index (χ2v) is 17.1. The Morgan fingerprint density at radius 1 is 0.536 bits per heavy atom. The third kappa shape index (κ3) is 6.37. The summed E-state index contributed by atoms with van der Waals surface area (Å²) in [4.78, 5) is 9.80. The van der Waals surface area contributed by atoms with Crippen molar-refractivity contribution in [2.75, 3.05) is 16.5 Å². The van der Waals surface area contributed by atoms with Gasteiger partial charge in [0, 0.05) is 40.5 Å². The Labute approximate surface area is 330 Å². The van der Waals surface area contributed by atoms with Gasteiger partial charge in [0.25, 0.3) is 0 Å². The van der Waals surface area contributed by atoms with Crippen molar-refractivity contribution in [2.24, 2.45) is 0 Å². The number of aryl methyl sites for hydroxylation is 1. The number of ether oxygens (including phenoxy) is 1. The van der Waals surface area contributed by atoms with Crippen LogP contribution in [0.25, 0.3) is 38.8 Å². The van der Waals surface area contributed by atoms with Crippen LogP contribution in [0.4, 0.5) is 22.7 Å². The van der Waals surface area contributed by atoms with E-state index in [0.29, 0.717) is 6.67 Å². The molecule has 278 valence electrons. The second kappa shape index (κ2) is 13.5. The van der Waals surface area contributed by atoms with Gasteiger partial charge in [0.1, 0.15) is 24.0 Å². The highest BCUT2D eigenvalue weighted by Crippen LogP contribution is 2.46. The number of para-hydroxylation sites is 3. The maximum Gasteiger partial charge on any atom is 0.138 e. The molecule has 5 heteroatoms. The topological polar surface area (TPSA) is 33.5 Å². The highest BCUT2D eigenvalue weighted by Gasteiger charge is 2.30. The summed E-state index contributed by atoms with van der Waals surface area (Å²) in [6.07, 6.45) is 1.98. The molecule has 5 nitrogen and oxygen atoms in total. The normalized spacial score (nSPS) is 13.1. The molecule has 0 saturated carbocycles. The Balaban J connectivity index is 1.08. The summed E-state index contributed by atoms with van der Waals surface area (Å²) in [6.45, 7) is 16.6. The van der Waals surface area contributed by atoms with Gasteiger partial charge in [0.05, 0.1) is 22.4 Å². The zero-order chi connectivity index (χ0) is 38.8. The Bertz CT molecular complexity index is 2720. The monoisotopic (exact) mass is 732 g/mol. The number of anilines is 4. The standard InChI is InChI=1S/C51H48N4O/c1-34-32-52-49(31-44(34)35-16-9-8-10-17-35)55-45-21-12-11-20-42(45)43-25-24-41(30-48(43)55)56-40-19-15-18-38(29-40)53-33-54(47-23-14-13-22-46(47)53)39-27-36(50(2,3)4)26-37(28-39)51(5,6)7/h8-32H,33H2,1-7H3. The molecule has 8 aromatic rings. The Kier molecular flexibility index (Phi) is 8.50. The van der Waals surface area contributed by atoms with Gasteiger partial charge in [-0.15, -0.1) is 0 Å². The molecule has 0 aliphatic carbocycles. The van der Waals surface area contributed by atoms with Gasteiger partial charge in [-0.05, 0) is 106 Å². The smallest absolute Gasteiger partial charge is 0.138 e. The molecule has 6 aromatic carbocycles. The fourth-order valence-electron chi connectivity index (χ4n) is 7.96. The number of aromatic nitrogens is 2. The minimum atomic E-state index is 0.0275. The number of hydrogen-bond donors (Lipinski definition) is 0. The number of nitrogens with zero attached hydrogens (tertiary/aromatic N) is 4. The molecule has 1 aliphatic heterocycles. The van der Waals surface area contributed by atoms with Crippen LogP contribution >= 0.6 is 0 Å². The van der Waals surface area contributed by atoms with E-state index in [4.69, 9.17) is 9.72 Å². The van der Waals surface area contributed by atoms with Crippen LogP contribution in [-0.2, 0) is 10.8 Å². The molecule has 56 heavy (non-hydrogen) atoms. The summed E-state index contributed by atoms with van der Waals surface area (Å²) in [7, 11) is 0. The Morgan fingerprint density at radius 2 is 1.16 bits per heavy atom. The molecule has 0 unspecified atom stereocenters. The molecule has 0 fully saturated rings. The second-order valence-electron chi connectivity index (χ2n) is 17.1. The van der Waals surface area contributed by atoms with Crippen molar-refractivity contribution in [1.82, 2.24) is 9.55 Å². The average molecular weight is 733 g/mol. The molecule has 2 aromatic heterocycles. The lowest BCUT2D eigenvalue weighted by atomic mass is 9.80. The third-order valence-electron chi connectivity index (χ3n) is 11.1. The van der Waals surface area contributed by atoms with Gasteiger partial charge < -0.3 is 14.5 Å². The zero-order valence-corrected chi connectivity index (χ0v) is 33.3. The summed E-state index contributed by atoms with van der Waals surface area (Å²) >= 11 is 0. The number of benzene rings is 6. The van der Waals surface area contributed by atoms with E-state index in [0.717, 1.165) is 45.0 Å². The van der Waals surface area contributed by atoms with Crippen LogP contribution in [0.3, 0.4) is 0 Å². The summed E-state index contributed by atoms with van der Waals surface area (Å²) in [5.74, 6) is 2.43. The van der Waals surface area contributed by atoms with Gasteiger partial charge in [0.15, 0.2) is 0 Å². The lowest BCUT2D eigenvalue weighted by Gasteiger charge is -2.29. The summed E-state index contributed by atoms with van der Waals surface area (Å²) in [6, 6.07) is 52.0. The first-order valence-corrected chi connectivity index (χ1v) is 19.6. The van der Waals surface area contributed by atoms with E-state index < -0.39 is 0 Å². The van der Waals surface area contributed by atoms with Crippen LogP contribution in [0, 0.1) is 6.92 Å². The SMILES string of the molecule is Cc1cnc(-n2c3ccccc3c3ccc(Oc4cccc(N5CN(c6cc(C(C)(C)C)cc(C(C)(C)C)c6)c6ccccc65)c4)cc32)cc1-c1ccccc1. The predicted octanol–water partition coefficient (Wildman–Crippen LogP) is 13.8. The van der Waals surface area contributed by atoms with Crippen molar-refractivity contribution in [1.29, 1.82) is 0 Å². The highest BCUT2D eigenvalue weighted by atomic mass is 16.5. The highest BCUT2D eigenvalue weighted by molar-refractivity contribution is 6.09. The molecule has 3 heterocycles. The molecular weight excluding hydrogens is 685 g/mol. The fraction of sp³-hybridized carbons (Fsp3) is 0.196. The largest absolute Gasteiger partial charge is 0.457 e. The maximum absolute atomic E-state index is 6.72. The van der Waals surface area contributed by atoms with Crippen molar-refractivity contribution >= 4 is 44.6 Å². The molecule has 0 bridgehead atoms. The van der Waals surface area contributed by atoms with E-state index in [2.05, 4.69) is 202 Å². The van der Waals surface area contributed by atoms with Crippen LogP contribution < -0.4 is 14.5 Å². The van der Waals surface area contributed by atoms with E-state index in [1.807, 2.05) is 12.3 Å². The summed E-state index contributed by atoms with van der Waals surface area (Å²) < 4.78 is 8.98. The molecule has 1 aliphatic rings. The zero-order valence-electron chi connectivity index (χ0n) is 33.3. The first kappa shape index (κ1) is 35.4. The minimum Gasteiger partial charge on any atom is -0.457 e. The van der Waals surface area contributed by atoms with Crippen LogP contribution in [-0.4, -0.2) is 16.2 Å². The van der Waals surface area contributed by atoms with Crippen molar-refractivity contribution < 1.29 is 4.74 Å². The first-order valence-electron chi connectivity index (χ1n) is 19.6. The number of hydrogen-bond acceptors (Lipinski definition) is 4. The van der Waals surface area contributed by atoms with E-state index in [1.54, 1.807) is 0 Å². The third-order valence-corrected chi connectivity index (χ3v) is 11.1. The van der Waals surface area contributed by atoms with Gasteiger partial charge in [-0.25, -0.2) is 4.98 Å². The molecular formula is C51H48N4O. The van der Waals surface area contributed by atoms with Crippen LogP contribution in [0.15, 0.2) is 152 Å². The van der Waals surface area contributed by atoms with E-state index >= 15 is 0 Å². The lowest BCUT2D eigenvalue weighted by molar-refractivity contribution is 0.483. The van der Waals surface area contributed by atoms with Crippen molar-refractivity contribution in [3.05, 3.63) is 168 Å². The fourth-order valence-corrected chi connectivity index (χ4v) is 7.96. The van der Waals surface area contributed by atoms with Gasteiger partial charge in [-0.3, -0.25) is 4.57 Å². The number of fused-ring (bicyclic) bond motifs is 4. The van der Waals surface area contributed by atoms with Crippen molar-refractivity contribution in [3.63, 3.8) is 0 Å². The summed E-state index contributed by atoms with van der Waals surface area (Å²) in [5.41, 5.74) is 13.1. The lowest BCUT2D eigenvalue weighted by Crippen LogP contribution is -2.25. The van der Waals surface area contributed by atoms with Gasteiger partial charge in [-0.1, -0.05) is 114 Å². The van der Waals surface area contributed by atoms with Crippen LogP contribution in [0.1, 0.15) is 58.2 Å². The van der Waals surface area contributed by atoms with Gasteiger partial charge in [-0.2, -0.15) is 0 Å². The molecule has 0 amide bonds. The van der Waals surface area contributed by atoms with E-state index in [1.165, 1.54) is 44.7 Å². The van der Waals surface area contributed by atoms with Crippen LogP contribution in [0.2, 0.25) is 0 Å². The van der Waals surface area contributed by atoms with Crippen molar-refractivity contribution in [2.45, 2.75) is 59.3 Å². The average Bonchev–Trinajstić information content (AvgIpc) is 3.74. The first-order chi connectivity index (χ1) is 26.9. The molecule has 0 saturated heterocycles. The Morgan fingerprint density at radius 3 is 1.88 bits per heavy atom. The summed E-state index contributed by atoms with van der Waals surface area (Å²) in [5, 5.41) is 2.34. The molecule has 9 rings (SSSR count).